The number of hydrogen-bond acceptors (Lipinski definition) is 5. The average Bonchev–Trinajstić information content (AvgIpc) is 2.25. The third-order valence-corrected chi connectivity index (χ3v) is 1.66. The number of nitrogen functional groups attached to an aromatic ring is 1. The lowest BCUT2D eigenvalue weighted by Gasteiger charge is -2.04. The van der Waals surface area contributed by atoms with E-state index in [1.807, 2.05) is 6.92 Å². The zero-order chi connectivity index (χ0) is 11.1. The van der Waals surface area contributed by atoms with Crippen LogP contribution in [0.5, 0.6) is 0 Å². The van der Waals surface area contributed by atoms with E-state index in [1.165, 1.54) is 12.3 Å². The lowest BCUT2D eigenvalue weighted by molar-refractivity contribution is 0.0329. The van der Waals surface area contributed by atoms with Crippen LogP contribution in [0.25, 0.3) is 0 Å². The summed E-state index contributed by atoms with van der Waals surface area (Å²) >= 11 is 0. The standard InChI is InChI=1S/C10H14N2O3/c1-2-14-5-6-15-10(13)9-4-3-8(11)7-12-9/h3-4,7H,2,5-6,11H2,1H3. The van der Waals surface area contributed by atoms with Gasteiger partial charge in [0, 0.05) is 6.61 Å². The number of ether oxygens (including phenoxy) is 2. The molecule has 82 valence electrons. The number of anilines is 1. The third-order valence-electron chi connectivity index (χ3n) is 1.66. The fourth-order valence-corrected chi connectivity index (χ4v) is 0.938. The Hall–Kier alpha value is -1.62. The minimum atomic E-state index is -0.463. The number of carbonyl (C=O) groups excluding carboxylic acids is 1. The van der Waals surface area contributed by atoms with Crippen LogP contribution in [0.1, 0.15) is 17.4 Å². The van der Waals surface area contributed by atoms with E-state index in [1.54, 1.807) is 6.07 Å². The van der Waals surface area contributed by atoms with E-state index in [0.29, 0.717) is 18.9 Å². The molecule has 0 fully saturated rings. The van der Waals surface area contributed by atoms with Gasteiger partial charge in [-0.2, -0.15) is 0 Å². The van der Waals surface area contributed by atoms with Gasteiger partial charge in [0.05, 0.1) is 18.5 Å². The maximum absolute atomic E-state index is 11.3. The van der Waals surface area contributed by atoms with Crippen LogP contribution in [0.3, 0.4) is 0 Å². The summed E-state index contributed by atoms with van der Waals surface area (Å²) in [5.41, 5.74) is 6.20. The topological polar surface area (TPSA) is 74.4 Å². The summed E-state index contributed by atoms with van der Waals surface area (Å²) in [4.78, 5) is 15.2. The molecule has 2 N–H and O–H groups in total. The van der Waals surface area contributed by atoms with Gasteiger partial charge in [0.15, 0.2) is 0 Å². The van der Waals surface area contributed by atoms with Crippen molar-refractivity contribution in [3.05, 3.63) is 24.0 Å². The van der Waals surface area contributed by atoms with Crippen molar-refractivity contribution in [1.29, 1.82) is 0 Å². The first-order chi connectivity index (χ1) is 7.24. The molecule has 15 heavy (non-hydrogen) atoms. The van der Waals surface area contributed by atoms with E-state index >= 15 is 0 Å². The minimum absolute atomic E-state index is 0.235. The predicted molar refractivity (Wildman–Crippen MR) is 55.4 cm³/mol. The van der Waals surface area contributed by atoms with E-state index in [0.717, 1.165) is 0 Å². The molecule has 1 aromatic rings. The Kier molecular flexibility index (Phi) is 4.56. The van der Waals surface area contributed by atoms with Crippen molar-refractivity contribution in [3.63, 3.8) is 0 Å². The molecule has 0 spiro atoms. The Morgan fingerprint density at radius 3 is 2.87 bits per heavy atom. The highest BCUT2D eigenvalue weighted by Crippen LogP contribution is 2.02. The molecule has 5 nitrogen and oxygen atoms in total. The summed E-state index contributed by atoms with van der Waals surface area (Å²) in [6.07, 6.45) is 1.42. The predicted octanol–water partition coefficient (Wildman–Crippen LogP) is 0.857. The molecule has 0 unspecified atom stereocenters. The van der Waals surface area contributed by atoms with Crippen molar-refractivity contribution in [2.75, 3.05) is 25.6 Å². The van der Waals surface area contributed by atoms with Crippen molar-refractivity contribution in [2.24, 2.45) is 0 Å². The molecule has 1 heterocycles. The molecule has 0 saturated carbocycles. The second-order valence-corrected chi connectivity index (χ2v) is 2.81. The second-order valence-electron chi connectivity index (χ2n) is 2.81. The van der Waals surface area contributed by atoms with Crippen LogP contribution in [0.4, 0.5) is 5.69 Å². The minimum Gasteiger partial charge on any atom is -0.459 e. The summed E-state index contributed by atoms with van der Waals surface area (Å²) in [6, 6.07) is 3.13. The van der Waals surface area contributed by atoms with Gasteiger partial charge in [0.25, 0.3) is 0 Å². The SMILES string of the molecule is CCOCCOC(=O)c1ccc(N)cn1. The highest BCUT2D eigenvalue weighted by Gasteiger charge is 2.07. The Labute approximate surface area is 88.2 Å². The van der Waals surface area contributed by atoms with Gasteiger partial charge in [-0.15, -0.1) is 0 Å². The van der Waals surface area contributed by atoms with Gasteiger partial charge in [-0.3, -0.25) is 0 Å². The van der Waals surface area contributed by atoms with Crippen molar-refractivity contribution in [2.45, 2.75) is 6.92 Å². The van der Waals surface area contributed by atoms with Gasteiger partial charge in [0.2, 0.25) is 0 Å². The van der Waals surface area contributed by atoms with E-state index in [4.69, 9.17) is 15.2 Å². The quantitative estimate of drug-likeness (QED) is 0.576. The number of carbonyl (C=O) groups is 1. The third kappa shape index (κ3) is 3.95. The molecular weight excluding hydrogens is 196 g/mol. The molecule has 0 atom stereocenters. The molecule has 5 heteroatoms. The summed E-state index contributed by atoms with van der Waals surface area (Å²) in [5, 5.41) is 0. The summed E-state index contributed by atoms with van der Waals surface area (Å²) < 4.78 is 9.92. The molecule has 0 radical (unpaired) electrons. The summed E-state index contributed by atoms with van der Waals surface area (Å²) in [7, 11) is 0. The molecule has 0 aromatic carbocycles. The first kappa shape index (κ1) is 11.5. The highest BCUT2D eigenvalue weighted by molar-refractivity contribution is 5.87. The lowest BCUT2D eigenvalue weighted by Crippen LogP contribution is -2.12. The Bertz CT molecular complexity index is 311. The number of esters is 1. The number of aromatic nitrogens is 1. The van der Waals surface area contributed by atoms with Crippen LogP contribution < -0.4 is 5.73 Å². The maximum Gasteiger partial charge on any atom is 0.356 e. The molecular formula is C10H14N2O3. The molecule has 0 aliphatic rings. The van der Waals surface area contributed by atoms with Crippen LogP contribution in [-0.2, 0) is 9.47 Å². The molecule has 1 rings (SSSR count). The van der Waals surface area contributed by atoms with Crippen LogP contribution in [0.15, 0.2) is 18.3 Å². The van der Waals surface area contributed by atoms with Crippen molar-refractivity contribution in [3.8, 4) is 0 Å². The molecule has 0 saturated heterocycles. The number of rotatable bonds is 5. The number of pyridine rings is 1. The Morgan fingerprint density at radius 2 is 2.27 bits per heavy atom. The van der Waals surface area contributed by atoms with Crippen LogP contribution in [0, 0.1) is 0 Å². The maximum atomic E-state index is 11.3. The number of nitrogens with zero attached hydrogens (tertiary/aromatic N) is 1. The zero-order valence-corrected chi connectivity index (χ0v) is 8.60. The van der Waals surface area contributed by atoms with Gasteiger partial charge in [-0.05, 0) is 19.1 Å². The first-order valence-corrected chi connectivity index (χ1v) is 4.70. The highest BCUT2D eigenvalue weighted by atomic mass is 16.6. The van der Waals surface area contributed by atoms with E-state index in [2.05, 4.69) is 4.98 Å². The van der Waals surface area contributed by atoms with E-state index in [9.17, 15) is 4.79 Å². The van der Waals surface area contributed by atoms with Crippen molar-refractivity contribution in [1.82, 2.24) is 4.98 Å². The van der Waals surface area contributed by atoms with Gasteiger partial charge in [-0.25, -0.2) is 9.78 Å². The summed E-state index contributed by atoms with van der Waals surface area (Å²) in [6.45, 7) is 3.12. The lowest BCUT2D eigenvalue weighted by atomic mass is 10.3. The normalized spacial score (nSPS) is 9.93. The van der Waals surface area contributed by atoms with E-state index in [-0.39, 0.29) is 12.3 Å². The van der Waals surface area contributed by atoms with Crippen LogP contribution in [0.2, 0.25) is 0 Å². The summed E-state index contributed by atoms with van der Waals surface area (Å²) in [5.74, 6) is -0.463. The Balaban J connectivity index is 2.37. The molecule has 0 amide bonds. The zero-order valence-electron chi connectivity index (χ0n) is 8.60. The number of hydrogen-bond donors (Lipinski definition) is 1. The molecule has 0 bridgehead atoms. The van der Waals surface area contributed by atoms with Gasteiger partial charge in [0.1, 0.15) is 12.3 Å². The van der Waals surface area contributed by atoms with Crippen LogP contribution in [-0.4, -0.2) is 30.8 Å². The van der Waals surface area contributed by atoms with Gasteiger partial charge >= 0.3 is 5.97 Å². The Morgan fingerprint density at radius 1 is 1.47 bits per heavy atom. The van der Waals surface area contributed by atoms with Crippen molar-refractivity contribution >= 4 is 11.7 Å². The monoisotopic (exact) mass is 210 g/mol. The molecule has 0 aliphatic carbocycles. The van der Waals surface area contributed by atoms with Crippen LogP contribution >= 0.6 is 0 Å². The van der Waals surface area contributed by atoms with Gasteiger partial charge in [-0.1, -0.05) is 0 Å². The fourth-order valence-electron chi connectivity index (χ4n) is 0.938. The smallest absolute Gasteiger partial charge is 0.356 e. The molecule has 0 aliphatic heterocycles. The second kappa shape index (κ2) is 5.98. The average molecular weight is 210 g/mol. The molecule has 1 aromatic heterocycles. The first-order valence-electron chi connectivity index (χ1n) is 4.70. The van der Waals surface area contributed by atoms with E-state index < -0.39 is 5.97 Å². The van der Waals surface area contributed by atoms with Gasteiger partial charge < -0.3 is 15.2 Å². The fraction of sp³-hybridized carbons (Fsp3) is 0.400. The number of nitrogens with two attached hydrogens (primary N) is 1. The van der Waals surface area contributed by atoms with Crippen molar-refractivity contribution < 1.29 is 14.3 Å². The largest absolute Gasteiger partial charge is 0.459 e.